The lowest BCUT2D eigenvalue weighted by atomic mass is 10.1. The number of rotatable bonds is 6. The first-order chi connectivity index (χ1) is 14.9. The number of amides is 2. The van der Waals surface area contributed by atoms with Crippen LogP contribution in [0, 0.1) is 5.82 Å². The van der Waals surface area contributed by atoms with Crippen LogP contribution < -0.4 is 10.6 Å². The molecule has 0 atom stereocenters. The molecule has 158 valence electrons. The van der Waals surface area contributed by atoms with Gasteiger partial charge in [-0.05, 0) is 35.9 Å². The van der Waals surface area contributed by atoms with Gasteiger partial charge in [-0.2, -0.15) is 5.10 Å². The molecule has 0 aliphatic rings. The Bertz CT molecular complexity index is 1280. The lowest BCUT2D eigenvalue weighted by molar-refractivity contribution is -0.122. The average molecular weight is 442 g/mol. The molecule has 2 aromatic carbocycles. The number of fused-ring (bicyclic) bond motifs is 1. The van der Waals surface area contributed by atoms with Gasteiger partial charge in [-0.3, -0.25) is 14.7 Å². The Hall–Kier alpha value is -3.79. The number of nitrogens with zero attached hydrogens (tertiary/aromatic N) is 4. The molecule has 0 aliphatic heterocycles. The number of hydrogen-bond acceptors (Lipinski definition) is 5. The van der Waals surface area contributed by atoms with E-state index >= 15 is 0 Å². The maximum absolute atomic E-state index is 13.8. The van der Waals surface area contributed by atoms with Crippen LogP contribution in [0.5, 0.6) is 0 Å². The molecule has 2 amide bonds. The maximum atomic E-state index is 13.8. The fourth-order valence-corrected chi connectivity index (χ4v) is 3.10. The monoisotopic (exact) mass is 441 g/mol. The number of nitrogens with one attached hydrogen (secondary N) is 3. The number of carbonyl (C=O) groups is 2. The highest BCUT2D eigenvalue weighted by Crippen LogP contribution is 2.22. The molecular formula is C20H17ClFN7O2. The molecule has 11 heteroatoms. The Morgan fingerprint density at radius 1 is 1.23 bits per heavy atom. The molecule has 0 spiro atoms. The van der Waals surface area contributed by atoms with Crippen molar-refractivity contribution < 1.29 is 14.0 Å². The summed E-state index contributed by atoms with van der Waals surface area (Å²) in [5, 5.41) is 17.2. The zero-order valence-corrected chi connectivity index (χ0v) is 17.1. The van der Waals surface area contributed by atoms with Crippen LogP contribution in [0.4, 0.5) is 4.39 Å². The number of H-pyrrole nitrogens is 1. The minimum Gasteiger partial charge on any atom is -0.352 e. The summed E-state index contributed by atoms with van der Waals surface area (Å²) in [5.74, 6) is -1.48. The van der Waals surface area contributed by atoms with Gasteiger partial charge in [0.25, 0.3) is 5.91 Å². The first kappa shape index (κ1) is 20.5. The highest BCUT2D eigenvalue weighted by Gasteiger charge is 2.20. The van der Waals surface area contributed by atoms with Crippen LogP contribution in [0.15, 0.2) is 42.6 Å². The molecule has 3 N–H and O–H groups in total. The SMILES string of the molecule is CNC(=O)c1nc(-c2ccc(Cl)c(F)c2)nn1CC(=O)NCc1ccc2[nH]ncc2c1. The van der Waals surface area contributed by atoms with Crippen molar-refractivity contribution in [2.24, 2.45) is 0 Å². The van der Waals surface area contributed by atoms with Crippen molar-refractivity contribution >= 4 is 34.3 Å². The summed E-state index contributed by atoms with van der Waals surface area (Å²) >= 11 is 5.71. The quantitative estimate of drug-likeness (QED) is 0.424. The van der Waals surface area contributed by atoms with Gasteiger partial charge in [-0.25, -0.2) is 14.1 Å². The van der Waals surface area contributed by atoms with E-state index in [0.717, 1.165) is 16.5 Å². The molecule has 4 rings (SSSR count). The summed E-state index contributed by atoms with van der Waals surface area (Å²) in [5.41, 5.74) is 2.13. The number of halogens is 2. The molecule has 9 nitrogen and oxygen atoms in total. The molecule has 0 saturated heterocycles. The second kappa shape index (κ2) is 8.52. The smallest absolute Gasteiger partial charge is 0.288 e. The predicted octanol–water partition coefficient (Wildman–Crippen LogP) is 2.29. The molecule has 0 radical (unpaired) electrons. The van der Waals surface area contributed by atoms with Crippen LogP contribution >= 0.6 is 11.6 Å². The van der Waals surface area contributed by atoms with Crippen molar-refractivity contribution in [2.45, 2.75) is 13.1 Å². The predicted molar refractivity (Wildman–Crippen MR) is 112 cm³/mol. The third kappa shape index (κ3) is 4.38. The van der Waals surface area contributed by atoms with Gasteiger partial charge in [-0.15, -0.1) is 5.10 Å². The van der Waals surface area contributed by atoms with Crippen molar-refractivity contribution in [3.63, 3.8) is 0 Å². The van der Waals surface area contributed by atoms with Gasteiger partial charge in [0.05, 0.1) is 16.7 Å². The minimum absolute atomic E-state index is 0.0392. The first-order valence-electron chi connectivity index (χ1n) is 9.25. The van der Waals surface area contributed by atoms with Crippen molar-refractivity contribution in [1.82, 2.24) is 35.6 Å². The topological polar surface area (TPSA) is 118 Å². The summed E-state index contributed by atoms with van der Waals surface area (Å²) in [4.78, 5) is 28.8. The number of hydrogen-bond donors (Lipinski definition) is 3. The Balaban J connectivity index is 1.51. The van der Waals surface area contributed by atoms with Crippen LogP contribution in [-0.2, 0) is 17.9 Å². The van der Waals surface area contributed by atoms with Crippen LogP contribution in [0.3, 0.4) is 0 Å². The van der Waals surface area contributed by atoms with Crippen LogP contribution in [0.25, 0.3) is 22.3 Å². The Kier molecular flexibility index (Phi) is 5.63. The van der Waals surface area contributed by atoms with Gasteiger partial charge in [-0.1, -0.05) is 17.7 Å². The molecule has 0 saturated carbocycles. The lowest BCUT2D eigenvalue weighted by Crippen LogP contribution is -2.30. The fourth-order valence-electron chi connectivity index (χ4n) is 2.98. The van der Waals surface area contributed by atoms with Gasteiger partial charge in [0.1, 0.15) is 12.4 Å². The van der Waals surface area contributed by atoms with Crippen molar-refractivity contribution in [3.05, 3.63) is 64.8 Å². The normalized spacial score (nSPS) is 10.9. The van der Waals surface area contributed by atoms with E-state index in [-0.39, 0.29) is 29.1 Å². The Labute approximate surface area is 180 Å². The van der Waals surface area contributed by atoms with E-state index in [9.17, 15) is 14.0 Å². The fraction of sp³-hybridized carbons (Fsp3) is 0.150. The zero-order chi connectivity index (χ0) is 22.0. The second-order valence-electron chi connectivity index (χ2n) is 6.69. The van der Waals surface area contributed by atoms with Gasteiger partial charge in [0.15, 0.2) is 5.82 Å². The third-order valence-electron chi connectivity index (χ3n) is 4.57. The van der Waals surface area contributed by atoms with E-state index in [1.165, 1.54) is 29.9 Å². The van der Waals surface area contributed by atoms with Crippen molar-refractivity contribution in [2.75, 3.05) is 7.05 Å². The number of aromatic amines is 1. The van der Waals surface area contributed by atoms with Gasteiger partial charge >= 0.3 is 0 Å². The molecule has 0 aliphatic carbocycles. The molecule has 2 aromatic heterocycles. The average Bonchev–Trinajstić information content (AvgIpc) is 3.40. The van der Waals surface area contributed by atoms with Gasteiger partial charge < -0.3 is 10.6 Å². The maximum Gasteiger partial charge on any atom is 0.288 e. The Morgan fingerprint density at radius 2 is 2.06 bits per heavy atom. The summed E-state index contributed by atoms with van der Waals surface area (Å²) < 4.78 is 15.0. The van der Waals surface area contributed by atoms with E-state index in [1.807, 2.05) is 18.2 Å². The van der Waals surface area contributed by atoms with E-state index in [0.29, 0.717) is 12.1 Å². The first-order valence-corrected chi connectivity index (χ1v) is 9.63. The lowest BCUT2D eigenvalue weighted by Gasteiger charge is -2.07. The van der Waals surface area contributed by atoms with Gasteiger partial charge in [0, 0.05) is 24.5 Å². The highest BCUT2D eigenvalue weighted by molar-refractivity contribution is 6.30. The van der Waals surface area contributed by atoms with Crippen LogP contribution in [0.2, 0.25) is 5.02 Å². The number of benzene rings is 2. The molecule has 31 heavy (non-hydrogen) atoms. The second-order valence-corrected chi connectivity index (χ2v) is 7.10. The third-order valence-corrected chi connectivity index (χ3v) is 4.87. The molecule has 2 heterocycles. The molecule has 0 unspecified atom stereocenters. The summed E-state index contributed by atoms with van der Waals surface area (Å²) in [6.07, 6.45) is 1.70. The standard InChI is InChI=1S/C20H17ClFN7O2/c1-23-20(31)19-26-18(12-3-4-14(21)15(22)7-12)28-29(19)10-17(30)24-8-11-2-5-16-13(6-11)9-25-27-16/h2-7,9H,8,10H2,1H3,(H,23,31)(H,24,30)(H,25,27). The summed E-state index contributed by atoms with van der Waals surface area (Å²) in [7, 11) is 1.44. The van der Waals surface area contributed by atoms with E-state index in [4.69, 9.17) is 11.6 Å². The van der Waals surface area contributed by atoms with Crippen LogP contribution in [0.1, 0.15) is 16.2 Å². The number of carbonyl (C=O) groups excluding carboxylic acids is 2. The largest absolute Gasteiger partial charge is 0.352 e. The number of aromatic nitrogens is 5. The van der Waals surface area contributed by atoms with Gasteiger partial charge in [0.2, 0.25) is 11.7 Å². The summed E-state index contributed by atoms with van der Waals surface area (Å²) in [6.45, 7) is 0.0546. The van der Waals surface area contributed by atoms with Crippen LogP contribution in [-0.4, -0.2) is 43.8 Å². The molecule has 4 aromatic rings. The van der Waals surface area contributed by atoms with E-state index in [2.05, 4.69) is 30.9 Å². The zero-order valence-electron chi connectivity index (χ0n) is 16.3. The molecule has 0 bridgehead atoms. The molecule has 0 fully saturated rings. The van der Waals surface area contributed by atoms with E-state index in [1.54, 1.807) is 6.20 Å². The summed E-state index contributed by atoms with van der Waals surface area (Å²) in [6, 6.07) is 9.74. The van der Waals surface area contributed by atoms with Crippen molar-refractivity contribution in [1.29, 1.82) is 0 Å². The minimum atomic E-state index is -0.635. The van der Waals surface area contributed by atoms with Crippen molar-refractivity contribution in [3.8, 4) is 11.4 Å². The van der Waals surface area contributed by atoms with E-state index < -0.39 is 11.7 Å². The highest BCUT2D eigenvalue weighted by atomic mass is 35.5. The Morgan fingerprint density at radius 3 is 2.84 bits per heavy atom. The molecular weight excluding hydrogens is 425 g/mol.